The van der Waals surface area contributed by atoms with E-state index in [1.165, 1.54) is 0 Å². The molecule has 0 N–H and O–H groups in total. The predicted octanol–water partition coefficient (Wildman–Crippen LogP) is 4.55. The molecule has 0 spiro atoms. The number of halogens is 3. The van der Waals surface area contributed by atoms with E-state index in [2.05, 4.69) is 6.92 Å². The Morgan fingerprint density at radius 2 is 1.62 bits per heavy atom. The molecule has 0 aliphatic heterocycles. The van der Waals surface area contributed by atoms with Crippen LogP contribution in [0.25, 0.3) is 0 Å². The van der Waals surface area contributed by atoms with Crippen molar-refractivity contribution in [2.24, 2.45) is 5.92 Å². The fourth-order valence-corrected chi connectivity index (χ4v) is 1.35. The average molecular weight is 196 g/mol. The van der Waals surface area contributed by atoms with Gasteiger partial charge in [0, 0.05) is 6.42 Å². The van der Waals surface area contributed by atoms with Crippen molar-refractivity contribution in [1.29, 1.82) is 0 Å². The number of alkyl halides is 3. The number of unbranched alkanes of at least 4 members (excludes halogenated alkanes) is 1. The van der Waals surface area contributed by atoms with Gasteiger partial charge in [-0.1, -0.05) is 39.5 Å². The molecule has 0 fully saturated rings. The van der Waals surface area contributed by atoms with E-state index in [0.29, 0.717) is 12.3 Å². The SMILES string of the molecule is CCCCC(C)CCCC(F)(F)F. The molecule has 0 rings (SSSR count). The first kappa shape index (κ1) is 12.8. The summed E-state index contributed by atoms with van der Waals surface area (Å²) < 4.78 is 35.3. The van der Waals surface area contributed by atoms with Gasteiger partial charge in [0.15, 0.2) is 0 Å². The molecule has 0 saturated carbocycles. The summed E-state index contributed by atoms with van der Waals surface area (Å²) in [6.07, 6.45) is -0.271. The first-order valence-electron chi connectivity index (χ1n) is 5.02. The van der Waals surface area contributed by atoms with Crippen LogP contribution in [-0.2, 0) is 0 Å². The average Bonchev–Trinajstić information content (AvgIpc) is 1.98. The lowest BCUT2D eigenvalue weighted by atomic mass is 9.98. The summed E-state index contributed by atoms with van der Waals surface area (Å²) in [5.74, 6) is 0.447. The molecule has 0 radical (unpaired) electrons. The summed E-state index contributed by atoms with van der Waals surface area (Å²) in [6.45, 7) is 4.13. The van der Waals surface area contributed by atoms with E-state index in [9.17, 15) is 13.2 Å². The summed E-state index contributed by atoms with van der Waals surface area (Å²) in [5, 5.41) is 0. The van der Waals surface area contributed by atoms with Crippen molar-refractivity contribution in [3.05, 3.63) is 0 Å². The van der Waals surface area contributed by atoms with Crippen molar-refractivity contribution in [3.8, 4) is 0 Å². The molecule has 80 valence electrons. The number of hydrogen-bond acceptors (Lipinski definition) is 0. The Hall–Kier alpha value is -0.210. The third-order valence-corrected chi connectivity index (χ3v) is 2.21. The second-order valence-electron chi connectivity index (χ2n) is 3.75. The number of rotatable bonds is 6. The van der Waals surface area contributed by atoms with Gasteiger partial charge < -0.3 is 0 Å². The van der Waals surface area contributed by atoms with Crippen molar-refractivity contribution < 1.29 is 13.2 Å². The molecule has 3 heteroatoms. The van der Waals surface area contributed by atoms with Crippen LogP contribution in [0.1, 0.15) is 52.4 Å². The normalized spacial score (nSPS) is 14.5. The standard InChI is InChI=1S/C10H19F3/c1-3-4-6-9(2)7-5-8-10(11,12)13/h9H,3-8H2,1-2H3. The molecule has 0 aromatic heterocycles. The number of hydrogen-bond donors (Lipinski definition) is 0. The zero-order chi connectivity index (χ0) is 10.3. The minimum Gasteiger partial charge on any atom is -0.171 e. The molecule has 0 aliphatic rings. The van der Waals surface area contributed by atoms with Gasteiger partial charge in [-0.3, -0.25) is 0 Å². The largest absolute Gasteiger partial charge is 0.389 e. The second kappa shape index (κ2) is 6.28. The zero-order valence-electron chi connectivity index (χ0n) is 8.45. The Labute approximate surface area is 78.5 Å². The Kier molecular flexibility index (Phi) is 6.17. The smallest absolute Gasteiger partial charge is 0.171 e. The van der Waals surface area contributed by atoms with Crippen molar-refractivity contribution in [3.63, 3.8) is 0 Å². The van der Waals surface area contributed by atoms with Crippen LogP contribution >= 0.6 is 0 Å². The van der Waals surface area contributed by atoms with Crippen LogP contribution in [0.5, 0.6) is 0 Å². The van der Waals surface area contributed by atoms with Crippen LogP contribution in [-0.4, -0.2) is 6.18 Å². The molecular weight excluding hydrogens is 177 g/mol. The van der Waals surface area contributed by atoms with E-state index in [1.807, 2.05) is 6.92 Å². The minimum atomic E-state index is -3.97. The predicted molar refractivity (Wildman–Crippen MR) is 48.6 cm³/mol. The molecule has 0 amide bonds. The van der Waals surface area contributed by atoms with Crippen molar-refractivity contribution in [1.82, 2.24) is 0 Å². The van der Waals surface area contributed by atoms with E-state index in [1.54, 1.807) is 0 Å². The summed E-state index contributed by atoms with van der Waals surface area (Å²) >= 11 is 0. The maximum Gasteiger partial charge on any atom is 0.389 e. The lowest BCUT2D eigenvalue weighted by Crippen LogP contribution is -2.07. The summed E-state index contributed by atoms with van der Waals surface area (Å²) in [7, 11) is 0. The van der Waals surface area contributed by atoms with Gasteiger partial charge in [0.1, 0.15) is 0 Å². The van der Waals surface area contributed by atoms with Gasteiger partial charge in [0.2, 0.25) is 0 Å². The molecular formula is C10H19F3. The van der Waals surface area contributed by atoms with Crippen LogP contribution < -0.4 is 0 Å². The summed E-state index contributed by atoms with van der Waals surface area (Å²) in [4.78, 5) is 0. The van der Waals surface area contributed by atoms with E-state index < -0.39 is 12.6 Å². The van der Waals surface area contributed by atoms with E-state index >= 15 is 0 Å². The van der Waals surface area contributed by atoms with Crippen LogP contribution in [0.15, 0.2) is 0 Å². The monoisotopic (exact) mass is 196 g/mol. The molecule has 0 aliphatic carbocycles. The van der Waals surface area contributed by atoms with Crippen LogP contribution in [0.4, 0.5) is 13.2 Å². The third kappa shape index (κ3) is 9.71. The first-order valence-corrected chi connectivity index (χ1v) is 5.02. The van der Waals surface area contributed by atoms with E-state index in [-0.39, 0.29) is 6.42 Å². The van der Waals surface area contributed by atoms with Gasteiger partial charge in [0.25, 0.3) is 0 Å². The Morgan fingerprint density at radius 1 is 1.08 bits per heavy atom. The minimum absolute atomic E-state index is 0.286. The van der Waals surface area contributed by atoms with Crippen molar-refractivity contribution in [2.45, 2.75) is 58.5 Å². The Balaban J connectivity index is 3.31. The lowest BCUT2D eigenvalue weighted by Gasteiger charge is -2.11. The molecule has 0 aromatic carbocycles. The maximum atomic E-state index is 11.8. The van der Waals surface area contributed by atoms with Gasteiger partial charge in [-0.2, -0.15) is 13.2 Å². The fraction of sp³-hybridized carbons (Fsp3) is 1.00. The molecule has 1 atom stereocenters. The summed E-state index contributed by atoms with van der Waals surface area (Å²) in [5.41, 5.74) is 0. The van der Waals surface area contributed by atoms with Gasteiger partial charge in [0.05, 0.1) is 0 Å². The van der Waals surface area contributed by atoms with E-state index in [0.717, 1.165) is 19.3 Å². The highest BCUT2D eigenvalue weighted by Gasteiger charge is 2.26. The zero-order valence-corrected chi connectivity index (χ0v) is 8.45. The van der Waals surface area contributed by atoms with Gasteiger partial charge in [-0.15, -0.1) is 0 Å². The Morgan fingerprint density at radius 3 is 2.08 bits per heavy atom. The van der Waals surface area contributed by atoms with Crippen molar-refractivity contribution >= 4 is 0 Å². The molecule has 0 nitrogen and oxygen atoms in total. The van der Waals surface area contributed by atoms with Gasteiger partial charge in [-0.05, 0) is 12.3 Å². The maximum absolute atomic E-state index is 11.8. The highest BCUT2D eigenvalue weighted by molar-refractivity contribution is 4.56. The molecule has 13 heavy (non-hydrogen) atoms. The highest BCUT2D eigenvalue weighted by atomic mass is 19.4. The fourth-order valence-electron chi connectivity index (χ4n) is 1.35. The quantitative estimate of drug-likeness (QED) is 0.584. The first-order chi connectivity index (χ1) is 5.95. The van der Waals surface area contributed by atoms with Crippen LogP contribution in [0.2, 0.25) is 0 Å². The third-order valence-electron chi connectivity index (χ3n) is 2.21. The lowest BCUT2D eigenvalue weighted by molar-refractivity contribution is -0.136. The highest BCUT2D eigenvalue weighted by Crippen LogP contribution is 2.24. The van der Waals surface area contributed by atoms with Gasteiger partial charge >= 0.3 is 6.18 Å². The molecule has 0 aromatic rings. The molecule has 0 bridgehead atoms. The molecule has 0 heterocycles. The second-order valence-corrected chi connectivity index (χ2v) is 3.75. The van der Waals surface area contributed by atoms with Crippen molar-refractivity contribution in [2.75, 3.05) is 0 Å². The Bertz CT molecular complexity index is 118. The van der Waals surface area contributed by atoms with E-state index in [4.69, 9.17) is 0 Å². The molecule has 0 saturated heterocycles. The van der Waals surface area contributed by atoms with Gasteiger partial charge in [-0.25, -0.2) is 0 Å². The molecule has 1 unspecified atom stereocenters. The van der Waals surface area contributed by atoms with Crippen LogP contribution in [0.3, 0.4) is 0 Å². The summed E-state index contributed by atoms with van der Waals surface area (Å²) in [6, 6.07) is 0. The van der Waals surface area contributed by atoms with Crippen LogP contribution in [0, 0.1) is 5.92 Å². The topological polar surface area (TPSA) is 0 Å².